The predicted molar refractivity (Wildman–Crippen MR) is 161 cm³/mol. The second kappa shape index (κ2) is 13.1. The van der Waals surface area contributed by atoms with Crippen LogP contribution < -0.4 is 0 Å². The van der Waals surface area contributed by atoms with E-state index in [0.717, 1.165) is 24.0 Å². The van der Waals surface area contributed by atoms with Crippen molar-refractivity contribution < 1.29 is 0 Å². The fourth-order valence-electron chi connectivity index (χ4n) is 4.28. The van der Waals surface area contributed by atoms with Gasteiger partial charge < -0.3 is 0 Å². The number of allylic oxidation sites excluding steroid dienone is 7. The largest absolute Gasteiger partial charge is 0.261 e. The summed E-state index contributed by atoms with van der Waals surface area (Å²) >= 11 is 0. The fraction of sp³-hybridized carbons (Fsp3) is 0.143. The van der Waals surface area contributed by atoms with Gasteiger partial charge in [-0.1, -0.05) is 135 Å². The van der Waals surface area contributed by atoms with E-state index in [4.69, 9.17) is 4.99 Å². The first-order valence-corrected chi connectivity index (χ1v) is 12.8. The van der Waals surface area contributed by atoms with Crippen molar-refractivity contribution in [2.24, 2.45) is 15.9 Å². The van der Waals surface area contributed by atoms with Crippen LogP contribution in [0.25, 0.3) is 16.7 Å². The summed E-state index contributed by atoms with van der Waals surface area (Å²) in [5, 5.41) is 0. The van der Waals surface area contributed by atoms with E-state index in [1.165, 1.54) is 27.8 Å². The minimum atomic E-state index is 0.563. The van der Waals surface area contributed by atoms with Crippen molar-refractivity contribution in [3.63, 3.8) is 0 Å². The molecule has 1 aliphatic carbocycles. The Hall–Kier alpha value is -4.30. The minimum absolute atomic E-state index is 0.563. The molecular weight excluding hydrogens is 448 g/mol. The molecule has 0 radical (unpaired) electrons. The number of hydrogen-bond acceptors (Lipinski definition) is 1. The second-order valence-corrected chi connectivity index (χ2v) is 9.25. The molecule has 1 aliphatic rings. The van der Waals surface area contributed by atoms with Crippen molar-refractivity contribution in [3.8, 4) is 11.1 Å². The summed E-state index contributed by atoms with van der Waals surface area (Å²) in [6.45, 7) is 10.3. The van der Waals surface area contributed by atoms with Crippen LogP contribution in [0.3, 0.4) is 0 Å². The number of rotatable bonds is 9. The van der Waals surface area contributed by atoms with Crippen LogP contribution in [0.4, 0.5) is 0 Å². The number of amidine groups is 1. The maximum atomic E-state index is 4.72. The Balaban J connectivity index is 1.49. The molecule has 184 valence electrons. The summed E-state index contributed by atoms with van der Waals surface area (Å²) in [4.78, 5) is 8.88. The van der Waals surface area contributed by atoms with E-state index in [-0.39, 0.29) is 0 Å². The van der Waals surface area contributed by atoms with Gasteiger partial charge in [-0.05, 0) is 58.9 Å². The van der Waals surface area contributed by atoms with E-state index in [9.17, 15) is 0 Å². The number of benzene rings is 3. The van der Waals surface area contributed by atoms with Gasteiger partial charge in [0.25, 0.3) is 0 Å². The average molecular weight is 483 g/mol. The normalized spacial score (nSPS) is 16.0. The van der Waals surface area contributed by atoms with Crippen LogP contribution in [0.15, 0.2) is 144 Å². The zero-order chi connectivity index (χ0) is 25.9. The maximum absolute atomic E-state index is 4.72. The molecule has 0 N–H and O–H groups in total. The van der Waals surface area contributed by atoms with Crippen molar-refractivity contribution in [2.75, 3.05) is 0 Å². The third-order valence-corrected chi connectivity index (χ3v) is 6.42. The highest BCUT2D eigenvalue weighted by Crippen LogP contribution is 2.23. The number of aliphatic imine (C=N–C) groups is 2. The predicted octanol–water partition coefficient (Wildman–Crippen LogP) is 8.84. The van der Waals surface area contributed by atoms with Crippen LogP contribution in [0, 0.1) is 5.92 Å². The Morgan fingerprint density at radius 1 is 0.946 bits per heavy atom. The Kier molecular flexibility index (Phi) is 9.15. The van der Waals surface area contributed by atoms with Gasteiger partial charge in [0.15, 0.2) is 5.84 Å². The molecule has 0 saturated carbocycles. The lowest BCUT2D eigenvalue weighted by atomic mass is 9.98. The maximum Gasteiger partial charge on any atom is 0.153 e. The van der Waals surface area contributed by atoms with Crippen LogP contribution in [0.1, 0.15) is 30.0 Å². The average Bonchev–Trinajstić information content (AvgIpc) is 2.95. The van der Waals surface area contributed by atoms with Crippen molar-refractivity contribution in [2.45, 2.75) is 26.3 Å². The van der Waals surface area contributed by atoms with Gasteiger partial charge in [-0.25, -0.2) is 4.99 Å². The van der Waals surface area contributed by atoms with Crippen LogP contribution >= 0.6 is 0 Å². The van der Waals surface area contributed by atoms with Crippen LogP contribution in [-0.4, -0.2) is 12.6 Å². The first-order valence-electron chi connectivity index (χ1n) is 12.8. The summed E-state index contributed by atoms with van der Waals surface area (Å²) in [5.74, 6) is 1.27. The Morgan fingerprint density at radius 2 is 1.73 bits per heavy atom. The first kappa shape index (κ1) is 25.8. The van der Waals surface area contributed by atoms with E-state index in [1.54, 1.807) is 0 Å². The van der Waals surface area contributed by atoms with E-state index < -0.39 is 0 Å². The first-order chi connectivity index (χ1) is 18.2. The van der Waals surface area contributed by atoms with Crippen LogP contribution in [0.2, 0.25) is 0 Å². The zero-order valence-corrected chi connectivity index (χ0v) is 21.6. The molecule has 1 unspecified atom stereocenters. The summed E-state index contributed by atoms with van der Waals surface area (Å²) in [6.07, 6.45) is 16.5. The van der Waals surface area contributed by atoms with Crippen molar-refractivity contribution >= 4 is 18.1 Å². The molecule has 3 aromatic rings. The lowest BCUT2D eigenvalue weighted by molar-refractivity contribution is 0.734. The Bertz CT molecular complexity index is 1370. The molecule has 0 aliphatic heterocycles. The van der Waals surface area contributed by atoms with Crippen LogP contribution in [-0.2, 0) is 13.0 Å². The molecule has 2 nitrogen and oxygen atoms in total. The van der Waals surface area contributed by atoms with Gasteiger partial charge in [0.2, 0.25) is 0 Å². The summed E-state index contributed by atoms with van der Waals surface area (Å²) in [6, 6.07) is 27.8. The molecule has 37 heavy (non-hydrogen) atoms. The zero-order valence-electron chi connectivity index (χ0n) is 21.6. The summed E-state index contributed by atoms with van der Waals surface area (Å²) in [7, 11) is 0. The van der Waals surface area contributed by atoms with Crippen molar-refractivity contribution in [1.29, 1.82) is 0 Å². The molecule has 0 heterocycles. The quantitative estimate of drug-likeness (QED) is 0.165. The van der Waals surface area contributed by atoms with Gasteiger partial charge in [-0.15, -0.1) is 0 Å². The molecule has 0 saturated heterocycles. The topological polar surface area (TPSA) is 24.7 Å². The van der Waals surface area contributed by atoms with E-state index >= 15 is 0 Å². The summed E-state index contributed by atoms with van der Waals surface area (Å²) < 4.78 is 0. The van der Waals surface area contributed by atoms with Gasteiger partial charge in [-0.3, -0.25) is 4.99 Å². The Morgan fingerprint density at radius 3 is 2.43 bits per heavy atom. The highest BCUT2D eigenvalue weighted by molar-refractivity contribution is 6.03. The van der Waals surface area contributed by atoms with Gasteiger partial charge in [-0.2, -0.15) is 0 Å². The molecule has 1 atom stereocenters. The Labute approximate surface area is 221 Å². The molecule has 2 heteroatoms. The highest BCUT2D eigenvalue weighted by atomic mass is 14.9. The second-order valence-electron chi connectivity index (χ2n) is 9.25. The monoisotopic (exact) mass is 482 g/mol. The molecule has 4 rings (SSSR count). The molecular formula is C35H34N2. The summed E-state index contributed by atoms with van der Waals surface area (Å²) in [5.41, 5.74) is 8.28. The smallest absolute Gasteiger partial charge is 0.153 e. The van der Waals surface area contributed by atoms with Gasteiger partial charge in [0.05, 0.1) is 6.54 Å². The lowest BCUT2D eigenvalue weighted by Crippen LogP contribution is -2.03. The molecule has 0 spiro atoms. The number of hydrogen-bond donors (Lipinski definition) is 0. The minimum Gasteiger partial charge on any atom is -0.261 e. The van der Waals surface area contributed by atoms with E-state index in [0.29, 0.717) is 18.3 Å². The lowest BCUT2D eigenvalue weighted by Gasteiger charge is -2.11. The SMILES string of the molecule is C=C/C=C\C(=C/Cc1cccc(-c2ccccc2)c1)c1ccc(C/N=C(\N=C)C2=CCC(C)C=C2)cc1. The van der Waals surface area contributed by atoms with E-state index in [1.807, 2.05) is 18.2 Å². The standard InChI is InChI=1S/C35H34N2/c1-4-5-11-31(22-17-28-10-9-14-34(25-28)30-12-7-6-8-13-30)32-23-18-29(19-24-32)26-37-35(36-3)33-20-15-27(2)16-21-33/h4-15,18-25,27H,1,3,16-17,26H2,2H3/b11-5-,31-22+,37-35-. The molecule has 0 amide bonds. The number of nitrogens with zero attached hydrogens (tertiary/aromatic N) is 2. The fourth-order valence-corrected chi connectivity index (χ4v) is 4.28. The highest BCUT2D eigenvalue weighted by Gasteiger charge is 2.08. The van der Waals surface area contributed by atoms with Crippen LogP contribution in [0.5, 0.6) is 0 Å². The van der Waals surface area contributed by atoms with Gasteiger partial charge >= 0.3 is 0 Å². The molecule has 3 aromatic carbocycles. The third kappa shape index (κ3) is 7.35. The third-order valence-electron chi connectivity index (χ3n) is 6.42. The van der Waals surface area contributed by atoms with Gasteiger partial charge in [0, 0.05) is 5.57 Å². The molecule has 0 aromatic heterocycles. The molecule has 0 fully saturated rings. The van der Waals surface area contributed by atoms with E-state index in [2.05, 4.69) is 128 Å². The molecule has 0 bridgehead atoms. The van der Waals surface area contributed by atoms with Crippen molar-refractivity contribution in [1.82, 2.24) is 0 Å². The van der Waals surface area contributed by atoms with Gasteiger partial charge in [0.1, 0.15) is 0 Å². The van der Waals surface area contributed by atoms with Crippen molar-refractivity contribution in [3.05, 3.63) is 150 Å².